The molecule has 0 aliphatic rings. The first kappa shape index (κ1) is 16.5. The van der Waals surface area contributed by atoms with Crippen molar-refractivity contribution in [3.63, 3.8) is 0 Å². The standard InChI is InChI=1S/C15H20ClN3O3/c1-3-22-15-13(16)6-11(7-14(15)21-2)8-17-12-9-18-19(10-12)4-5-20/h6-7,9-10,17,20H,3-5,8H2,1-2H3. The van der Waals surface area contributed by atoms with Gasteiger partial charge in [0.25, 0.3) is 0 Å². The summed E-state index contributed by atoms with van der Waals surface area (Å²) in [6, 6.07) is 3.74. The zero-order chi connectivity index (χ0) is 15.9. The Morgan fingerprint density at radius 2 is 2.23 bits per heavy atom. The van der Waals surface area contributed by atoms with Gasteiger partial charge >= 0.3 is 0 Å². The molecule has 7 heteroatoms. The lowest BCUT2D eigenvalue weighted by molar-refractivity contribution is 0.269. The molecule has 2 rings (SSSR count). The molecule has 0 amide bonds. The van der Waals surface area contributed by atoms with Crippen LogP contribution in [0, 0.1) is 0 Å². The predicted octanol–water partition coefficient (Wildman–Crippen LogP) is 2.55. The van der Waals surface area contributed by atoms with Gasteiger partial charge in [-0.3, -0.25) is 4.68 Å². The fraction of sp³-hybridized carbons (Fsp3) is 0.400. The van der Waals surface area contributed by atoms with Crippen molar-refractivity contribution in [2.75, 3.05) is 25.6 Å². The number of halogens is 1. The van der Waals surface area contributed by atoms with E-state index in [-0.39, 0.29) is 6.61 Å². The number of nitrogens with one attached hydrogen (secondary N) is 1. The van der Waals surface area contributed by atoms with Gasteiger partial charge in [-0.15, -0.1) is 0 Å². The molecule has 2 aromatic rings. The molecule has 0 spiro atoms. The van der Waals surface area contributed by atoms with Crippen molar-refractivity contribution in [3.8, 4) is 11.5 Å². The Morgan fingerprint density at radius 3 is 2.91 bits per heavy atom. The second-order valence-corrected chi connectivity index (χ2v) is 5.02. The van der Waals surface area contributed by atoms with E-state index < -0.39 is 0 Å². The third-order valence-electron chi connectivity index (χ3n) is 3.04. The number of rotatable bonds is 8. The zero-order valence-electron chi connectivity index (χ0n) is 12.7. The number of ether oxygens (including phenoxy) is 2. The van der Waals surface area contributed by atoms with Crippen molar-refractivity contribution in [1.82, 2.24) is 9.78 Å². The summed E-state index contributed by atoms with van der Waals surface area (Å²) in [7, 11) is 1.59. The maximum Gasteiger partial charge on any atom is 0.179 e. The summed E-state index contributed by atoms with van der Waals surface area (Å²) >= 11 is 6.24. The molecule has 0 bridgehead atoms. The van der Waals surface area contributed by atoms with E-state index in [4.69, 9.17) is 26.2 Å². The molecule has 120 valence electrons. The second-order valence-electron chi connectivity index (χ2n) is 4.61. The fourth-order valence-electron chi connectivity index (χ4n) is 2.04. The van der Waals surface area contributed by atoms with Crippen LogP contribution in [0.3, 0.4) is 0 Å². The van der Waals surface area contributed by atoms with Crippen molar-refractivity contribution >= 4 is 17.3 Å². The topological polar surface area (TPSA) is 68.5 Å². The highest BCUT2D eigenvalue weighted by atomic mass is 35.5. The molecular weight excluding hydrogens is 306 g/mol. The van der Waals surface area contributed by atoms with Crippen LogP contribution in [0.15, 0.2) is 24.5 Å². The van der Waals surface area contributed by atoms with Crippen molar-refractivity contribution in [3.05, 3.63) is 35.1 Å². The first-order chi connectivity index (χ1) is 10.7. The summed E-state index contributed by atoms with van der Waals surface area (Å²) in [5.41, 5.74) is 1.85. The summed E-state index contributed by atoms with van der Waals surface area (Å²) in [4.78, 5) is 0. The number of hydrogen-bond acceptors (Lipinski definition) is 5. The quantitative estimate of drug-likeness (QED) is 0.780. The Morgan fingerprint density at radius 1 is 1.41 bits per heavy atom. The average molecular weight is 326 g/mol. The van der Waals surface area contributed by atoms with Crippen LogP contribution in [0.4, 0.5) is 5.69 Å². The predicted molar refractivity (Wildman–Crippen MR) is 85.8 cm³/mol. The van der Waals surface area contributed by atoms with E-state index in [1.165, 1.54) is 0 Å². The van der Waals surface area contributed by atoms with Crippen molar-refractivity contribution in [2.24, 2.45) is 0 Å². The van der Waals surface area contributed by atoms with E-state index in [0.717, 1.165) is 11.3 Å². The van der Waals surface area contributed by atoms with Gasteiger partial charge in [0.2, 0.25) is 0 Å². The van der Waals surface area contributed by atoms with Crippen LogP contribution in [0.2, 0.25) is 5.02 Å². The molecule has 0 saturated carbocycles. The van der Waals surface area contributed by atoms with Gasteiger partial charge in [0.1, 0.15) is 0 Å². The van der Waals surface area contributed by atoms with E-state index >= 15 is 0 Å². The Bertz CT molecular complexity index is 616. The van der Waals surface area contributed by atoms with Crippen molar-refractivity contribution in [2.45, 2.75) is 20.0 Å². The maximum absolute atomic E-state index is 8.87. The van der Waals surface area contributed by atoms with Gasteiger partial charge in [0.15, 0.2) is 11.5 Å². The molecule has 0 radical (unpaired) electrons. The molecule has 0 fully saturated rings. The summed E-state index contributed by atoms with van der Waals surface area (Å²) in [5.74, 6) is 1.17. The molecule has 22 heavy (non-hydrogen) atoms. The van der Waals surface area contributed by atoms with E-state index in [1.54, 1.807) is 18.0 Å². The van der Waals surface area contributed by atoms with Crippen LogP contribution in [0.5, 0.6) is 11.5 Å². The van der Waals surface area contributed by atoms with E-state index in [0.29, 0.717) is 36.2 Å². The minimum absolute atomic E-state index is 0.0623. The van der Waals surface area contributed by atoms with Crippen LogP contribution in [0.25, 0.3) is 0 Å². The van der Waals surface area contributed by atoms with Gasteiger partial charge < -0.3 is 19.9 Å². The number of nitrogens with zero attached hydrogens (tertiary/aromatic N) is 2. The Labute approximate surface area is 134 Å². The molecule has 1 aromatic carbocycles. The molecule has 6 nitrogen and oxygen atoms in total. The SMILES string of the molecule is CCOc1c(Cl)cc(CNc2cnn(CCO)c2)cc1OC. The zero-order valence-corrected chi connectivity index (χ0v) is 13.4. The second kappa shape index (κ2) is 7.91. The minimum Gasteiger partial charge on any atom is -0.493 e. The van der Waals surface area contributed by atoms with Crippen LogP contribution < -0.4 is 14.8 Å². The van der Waals surface area contributed by atoms with Crippen molar-refractivity contribution in [1.29, 1.82) is 0 Å². The molecule has 0 aliphatic heterocycles. The number of aromatic nitrogens is 2. The van der Waals surface area contributed by atoms with Gasteiger partial charge in [-0.25, -0.2) is 0 Å². The maximum atomic E-state index is 8.87. The van der Waals surface area contributed by atoms with E-state index in [1.807, 2.05) is 25.3 Å². The Balaban J connectivity index is 2.07. The Kier molecular flexibility index (Phi) is 5.91. The molecule has 0 saturated heterocycles. The normalized spacial score (nSPS) is 10.5. The molecule has 0 atom stereocenters. The molecule has 0 aliphatic carbocycles. The number of hydrogen-bond donors (Lipinski definition) is 2. The van der Waals surface area contributed by atoms with Gasteiger partial charge in [-0.05, 0) is 24.6 Å². The third-order valence-corrected chi connectivity index (χ3v) is 3.32. The Hall–Kier alpha value is -1.92. The highest BCUT2D eigenvalue weighted by molar-refractivity contribution is 6.32. The van der Waals surface area contributed by atoms with Gasteiger partial charge in [-0.1, -0.05) is 11.6 Å². The monoisotopic (exact) mass is 325 g/mol. The van der Waals surface area contributed by atoms with Gasteiger partial charge in [0, 0.05) is 12.7 Å². The summed E-state index contributed by atoms with van der Waals surface area (Å²) in [6.45, 7) is 3.54. The third kappa shape index (κ3) is 4.05. The van der Waals surface area contributed by atoms with Crippen LogP contribution >= 0.6 is 11.6 Å². The lowest BCUT2D eigenvalue weighted by atomic mass is 10.2. The lowest BCUT2D eigenvalue weighted by Crippen LogP contribution is -2.03. The van der Waals surface area contributed by atoms with Crippen LogP contribution in [-0.4, -0.2) is 35.2 Å². The highest BCUT2D eigenvalue weighted by Gasteiger charge is 2.11. The lowest BCUT2D eigenvalue weighted by Gasteiger charge is -2.13. The van der Waals surface area contributed by atoms with E-state index in [2.05, 4.69) is 10.4 Å². The minimum atomic E-state index is 0.0623. The first-order valence-corrected chi connectivity index (χ1v) is 7.42. The fourth-order valence-corrected chi connectivity index (χ4v) is 2.33. The largest absolute Gasteiger partial charge is 0.493 e. The number of anilines is 1. The number of methoxy groups -OCH3 is 1. The molecule has 1 heterocycles. The number of benzene rings is 1. The summed E-state index contributed by atoms with van der Waals surface area (Å²) in [6.07, 6.45) is 3.55. The smallest absolute Gasteiger partial charge is 0.179 e. The molecule has 1 aromatic heterocycles. The van der Waals surface area contributed by atoms with Crippen molar-refractivity contribution < 1.29 is 14.6 Å². The molecule has 2 N–H and O–H groups in total. The van der Waals surface area contributed by atoms with Gasteiger partial charge in [-0.2, -0.15) is 5.10 Å². The molecular formula is C15H20ClN3O3. The summed E-state index contributed by atoms with van der Waals surface area (Å²) < 4.78 is 12.5. The number of aliphatic hydroxyl groups is 1. The summed E-state index contributed by atoms with van der Waals surface area (Å²) in [5, 5.41) is 16.8. The highest BCUT2D eigenvalue weighted by Crippen LogP contribution is 2.36. The van der Waals surface area contributed by atoms with E-state index in [9.17, 15) is 0 Å². The van der Waals surface area contributed by atoms with Gasteiger partial charge in [0.05, 0.1) is 43.8 Å². The molecule has 0 unspecified atom stereocenters. The van der Waals surface area contributed by atoms with Crippen LogP contribution in [0.1, 0.15) is 12.5 Å². The number of aliphatic hydroxyl groups excluding tert-OH is 1. The first-order valence-electron chi connectivity index (χ1n) is 7.04. The average Bonchev–Trinajstić information content (AvgIpc) is 2.95. The van der Waals surface area contributed by atoms with Crippen LogP contribution in [-0.2, 0) is 13.1 Å².